The highest BCUT2D eigenvalue weighted by molar-refractivity contribution is 5.97. The van der Waals surface area contributed by atoms with E-state index in [1.165, 1.54) is 11.1 Å². The van der Waals surface area contributed by atoms with Gasteiger partial charge in [0.25, 0.3) is 5.91 Å². The van der Waals surface area contributed by atoms with E-state index in [0.29, 0.717) is 19.6 Å². The minimum Gasteiger partial charge on any atom is -0.386 e. The van der Waals surface area contributed by atoms with Crippen LogP contribution in [-0.2, 0) is 11.3 Å². The van der Waals surface area contributed by atoms with E-state index in [1.807, 2.05) is 18.2 Å². The van der Waals surface area contributed by atoms with Crippen LogP contribution in [0.2, 0.25) is 0 Å². The van der Waals surface area contributed by atoms with Crippen LogP contribution in [0.1, 0.15) is 5.56 Å². The molecule has 0 aliphatic heterocycles. The van der Waals surface area contributed by atoms with Crippen LogP contribution in [0, 0.1) is 11.3 Å². The van der Waals surface area contributed by atoms with Crippen LogP contribution in [0.4, 0.5) is 0 Å². The number of rotatable bonds is 8. The third kappa shape index (κ3) is 5.33. The zero-order chi connectivity index (χ0) is 15.5. The quantitative estimate of drug-likeness (QED) is 0.448. The van der Waals surface area contributed by atoms with Gasteiger partial charge in [0, 0.05) is 38.2 Å². The average molecular weight is 282 g/mol. The summed E-state index contributed by atoms with van der Waals surface area (Å²) in [5.74, 6) is -0.348. The van der Waals surface area contributed by atoms with Crippen molar-refractivity contribution in [3.8, 4) is 6.07 Å². The van der Waals surface area contributed by atoms with Crippen molar-refractivity contribution in [1.82, 2.24) is 15.2 Å². The molecule has 0 radical (unpaired) electrons. The highest BCUT2D eigenvalue weighted by atomic mass is 16.2. The highest BCUT2D eigenvalue weighted by Gasteiger charge is 2.15. The second-order valence-corrected chi connectivity index (χ2v) is 4.19. The maximum Gasteiger partial charge on any atom is 0.266 e. The van der Waals surface area contributed by atoms with Gasteiger partial charge in [0.2, 0.25) is 0 Å². The van der Waals surface area contributed by atoms with Gasteiger partial charge in [0.15, 0.2) is 0 Å². The van der Waals surface area contributed by atoms with Gasteiger partial charge in [-0.3, -0.25) is 9.78 Å². The third-order valence-electron chi connectivity index (χ3n) is 2.64. The number of carbonyl (C=O) groups is 1. The van der Waals surface area contributed by atoms with E-state index in [9.17, 15) is 4.79 Å². The van der Waals surface area contributed by atoms with E-state index >= 15 is 0 Å². The molecule has 0 spiro atoms. The van der Waals surface area contributed by atoms with Crippen LogP contribution in [0.15, 0.2) is 61.6 Å². The average Bonchev–Trinajstić information content (AvgIpc) is 2.52. The molecule has 1 rings (SSSR count). The van der Waals surface area contributed by atoms with Crippen molar-refractivity contribution in [1.29, 1.82) is 5.26 Å². The molecule has 0 saturated heterocycles. The lowest BCUT2D eigenvalue weighted by molar-refractivity contribution is -0.125. The molecule has 0 bridgehead atoms. The molecule has 108 valence electrons. The van der Waals surface area contributed by atoms with E-state index in [1.54, 1.807) is 24.5 Å². The summed E-state index contributed by atoms with van der Waals surface area (Å²) < 4.78 is 0. The smallest absolute Gasteiger partial charge is 0.266 e. The topological polar surface area (TPSA) is 69.0 Å². The van der Waals surface area contributed by atoms with Crippen LogP contribution in [-0.4, -0.2) is 28.9 Å². The molecular weight excluding hydrogens is 264 g/mol. The predicted molar refractivity (Wildman–Crippen MR) is 81.7 cm³/mol. The minimum absolute atomic E-state index is 0.0488. The van der Waals surface area contributed by atoms with Crippen molar-refractivity contribution in [3.05, 3.63) is 67.2 Å². The number of pyridine rings is 1. The maximum absolute atomic E-state index is 12.2. The fourth-order valence-electron chi connectivity index (χ4n) is 1.64. The molecule has 1 aromatic rings. The minimum atomic E-state index is -0.348. The first-order valence-corrected chi connectivity index (χ1v) is 6.46. The summed E-state index contributed by atoms with van der Waals surface area (Å²) in [4.78, 5) is 17.6. The Balaban J connectivity index is 2.69. The molecule has 1 aromatic heterocycles. The monoisotopic (exact) mass is 282 g/mol. The molecule has 0 aromatic carbocycles. The number of amides is 1. The standard InChI is InChI=1S/C16H18N4O/c1-3-9-20(10-4-2)16(21)15(11-17)13-19-12-14-5-7-18-8-6-14/h3-8,13,19H,1-2,9-10,12H2/b15-13-. The fourth-order valence-corrected chi connectivity index (χ4v) is 1.64. The molecule has 5 nitrogen and oxygen atoms in total. The second kappa shape index (κ2) is 9.10. The molecule has 0 fully saturated rings. The molecule has 0 aliphatic carbocycles. The first kappa shape index (κ1) is 16.2. The van der Waals surface area contributed by atoms with Crippen molar-refractivity contribution < 1.29 is 4.79 Å². The number of hydrogen-bond acceptors (Lipinski definition) is 4. The van der Waals surface area contributed by atoms with E-state index in [2.05, 4.69) is 23.5 Å². The van der Waals surface area contributed by atoms with Crippen molar-refractivity contribution >= 4 is 5.91 Å². The summed E-state index contributed by atoms with van der Waals surface area (Å²) in [5, 5.41) is 12.1. The Kier molecular flexibility index (Phi) is 7.01. The van der Waals surface area contributed by atoms with Gasteiger partial charge in [0.1, 0.15) is 11.6 Å². The Hall–Kier alpha value is -2.87. The third-order valence-corrected chi connectivity index (χ3v) is 2.64. The summed E-state index contributed by atoms with van der Waals surface area (Å²) in [6.07, 6.45) is 8.03. The van der Waals surface area contributed by atoms with Gasteiger partial charge in [-0.15, -0.1) is 13.2 Å². The Morgan fingerprint density at radius 1 is 1.33 bits per heavy atom. The van der Waals surface area contributed by atoms with E-state index < -0.39 is 0 Å². The van der Waals surface area contributed by atoms with E-state index in [4.69, 9.17) is 5.26 Å². The molecular formula is C16H18N4O. The Bertz CT molecular complexity index is 547. The molecule has 0 unspecified atom stereocenters. The van der Waals surface area contributed by atoms with Crippen LogP contribution in [0.5, 0.6) is 0 Å². The Morgan fingerprint density at radius 3 is 2.48 bits per heavy atom. The lowest BCUT2D eigenvalue weighted by atomic mass is 10.2. The van der Waals surface area contributed by atoms with Gasteiger partial charge >= 0.3 is 0 Å². The number of nitrogens with zero attached hydrogens (tertiary/aromatic N) is 3. The summed E-state index contributed by atoms with van der Waals surface area (Å²) in [6.45, 7) is 8.46. The molecule has 1 heterocycles. The summed E-state index contributed by atoms with van der Waals surface area (Å²) in [5.41, 5.74) is 1.06. The zero-order valence-electron chi connectivity index (χ0n) is 11.8. The first-order valence-electron chi connectivity index (χ1n) is 6.46. The van der Waals surface area contributed by atoms with Crippen LogP contribution in [0.25, 0.3) is 0 Å². The van der Waals surface area contributed by atoms with Crippen molar-refractivity contribution in [3.63, 3.8) is 0 Å². The first-order chi connectivity index (χ1) is 10.2. The van der Waals surface area contributed by atoms with Crippen LogP contribution < -0.4 is 5.32 Å². The summed E-state index contributed by atoms with van der Waals surface area (Å²) in [6, 6.07) is 5.63. The molecule has 21 heavy (non-hydrogen) atoms. The highest BCUT2D eigenvalue weighted by Crippen LogP contribution is 2.02. The summed E-state index contributed by atoms with van der Waals surface area (Å²) >= 11 is 0. The van der Waals surface area contributed by atoms with E-state index in [-0.39, 0.29) is 11.5 Å². The molecule has 0 atom stereocenters. The second-order valence-electron chi connectivity index (χ2n) is 4.19. The largest absolute Gasteiger partial charge is 0.386 e. The fraction of sp³-hybridized carbons (Fsp3) is 0.188. The van der Waals surface area contributed by atoms with Gasteiger partial charge in [-0.05, 0) is 17.7 Å². The van der Waals surface area contributed by atoms with Crippen LogP contribution >= 0.6 is 0 Å². The molecule has 5 heteroatoms. The zero-order valence-corrected chi connectivity index (χ0v) is 11.8. The van der Waals surface area contributed by atoms with Gasteiger partial charge in [-0.1, -0.05) is 12.2 Å². The van der Waals surface area contributed by atoms with Crippen LogP contribution in [0.3, 0.4) is 0 Å². The number of aromatic nitrogens is 1. The van der Waals surface area contributed by atoms with Crippen molar-refractivity contribution in [2.45, 2.75) is 6.54 Å². The van der Waals surface area contributed by atoms with Gasteiger partial charge in [-0.25, -0.2) is 0 Å². The van der Waals surface area contributed by atoms with E-state index in [0.717, 1.165) is 5.56 Å². The lowest BCUT2D eigenvalue weighted by Gasteiger charge is -2.18. The lowest BCUT2D eigenvalue weighted by Crippen LogP contribution is -2.32. The van der Waals surface area contributed by atoms with Crippen molar-refractivity contribution in [2.75, 3.05) is 13.1 Å². The predicted octanol–water partition coefficient (Wildman–Crippen LogP) is 1.78. The SMILES string of the molecule is C=CCN(CC=C)C(=O)/C(C#N)=C\NCc1ccncc1. The normalized spacial score (nSPS) is 10.3. The van der Waals surface area contributed by atoms with Crippen molar-refractivity contribution in [2.24, 2.45) is 0 Å². The maximum atomic E-state index is 12.2. The molecule has 0 aliphatic rings. The summed E-state index contributed by atoms with van der Waals surface area (Å²) in [7, 11) is 0. The number of nitriles is 1. The number of carbonyl (C=O) groups excluding carboxylic acids is 1. The van der Waals surface area contributed by atoms with Gasteiger partial charge in [0.05, 0.1) is 0 Å². The molecule has 0 saturated carbocycles. The number of nitrogens with one attached hydrogen (secondary N) is 1. The van der Waals surface area contributed by atoms with Gasteiger partial charge in [-0.2, -0.15) is 5.26 Å². The Morgan fingerprint density at radius 2 is 1.95 bits per heavy atom. The number of hydrogen-bond donors (Lipinski definition) is 1. The molecule has 1 N–H and O–H groups in total. The molecule has 1 amide bonds. The van der Waals surface area contributed by atoms with Gasteiger partial charge < -0.3 is 10.2 Å². The Labute approximate surface area is 124 Å².